The van der Waals surface area contributed by atoms with E-state index in [1.54, 1.807) is 6.92 Å². The minimum Gasteiger partial charge on any atom is -0.480 e. The Morgan fingerprint density at radius 2 is 1.50 bits per heavy atom. The molecule has 0 aliphatic carbocycles. The predicted molar refractivity (Wildman–Crippen MR) is 60.8 cm³/mol. The van der Waals surface area contributed by atoms with Crippen LogP contribution in [0.1, 0.15) is 26.2 Å². The number of benzene rings is 1. The van der Waals surface area contributed by atoms with Crippen molar-refractivity contribution in [2.75, 3.05) is 5.32 Å². The van der Waals surface area contributed by atoms with Crippen LogP contribution in [0.2, 0.25) is 0 Å². The Bertz CT molecular complexity index is 492. The molecule has 0 aliphatic rings. The number of hydrogen-bond donors (Lipinski definition) is 2. The van der Waals surface area contributed by atoms with E-state index in [4.69, 9.17) is 5.11 Å². The van der Waals surface area contributed by atoms with Gasteiger partial charge in [-0.1, -0.05) is 19.8 Å². The van der Waals surface area contributed by atoms with Crippen molar-refractivity contribution in [3.8, 4) is 0 Å². The van der Waals surface area contributed by atoms with E-state index in [-0.39, 0.29) is 6.42 Å². The van der Waals surface area contributed by atoms with Gasteiger partial charge in [-0.3, -0.25) is 0 Å². The summed E-state index contributed by atoms with van der Waals surface area (Å²) in [5, 5.41) is 10.7. The number of carbonyl (C=O) groups is 1. The monoisotopic (exact) mass is 297 g/mol. The summed E-state index contributed by atoms with van der Waals surface area (Å²) in [5.74, 6) is -12.1. The lowest BCUT2D eigenvalue weighted by molar-refractivity contribution is -0.138. The molecule has 1 atom stereocenters. The minimum absolute atomic E-state index is 0.00860. The summed E-state index contributed by atoms with van der Waals surface area (Å²) < 4.78 is 65.5. The van der Waals surface area contributed by atoms with Crippen LogP contribution in [0.4, 0.5) is 27.6 Å². The van der Waals surface area contributed by atoms with Crippen LogP contribution in [0.5, 0.6) is 0 Å². The van der Waals surface area contributed by atoms with Gasteiger partial charge in [0.25, 0.3) is 0 Å². The van der Waals surface area contributed by atoms with Crippen LogP contribution in [-0.2, 0) is 4.79 Å². The van der Waals surface area contributed by atoms with Crippen molar-refractivity contribution >= 4 is 11.7 Å². The molecule has 0 aromatic heterocycles. The topological polar surface area (TPSA) is 49.3 Å². The Balaban J connectivity index is 3.16. The summed E-state index contributed by atoms with van der Waals surface area (Å²) in [6.45, 7) is 1.76. The second-order valence-corrected chi connectivity index (χ2v) is 4.12. The summed E-state index contributed by atoms with van der Waals surface area (Å²) in [6.07, 6.45) is 1.02. The lowest BCUT2D eigenvalue weighted by Crippen LogP contribution is -2.30. The predicted octanol–water partition coefficient (Wildman–Crippen LogP) is 3.44. The number of carboxylic acid groups (broad SMARTS) is 1. The van der Waals surface area contributed by atoms with Crippen LogP contribution in [0.25, 0.3) is 0 Å². The maximum Gasteiger partial charge on any atom is 0.326 e. The van der Waals surface area contributed by atoms with E-state index >= 15 is 0 Å². The van der Waals surface area contributed by atoms with Crippen molar-refractivity contribution in [1.82, 2.24) is 0 Å². The average molecular weight is 297 g/mol. The molecular weight excluding hydrogens is 285 g/mol. The highest BCUT2D eigenvalue weighted by atomic mass is 19.2. The lowest BCUT2D eigenvalue weighted by atomic mass is 10.1. The summed E-state index contributed by atoms with van der Waals surface area (Å²) in [5.41, 5.74) is -1.33. The third-order valence-electron chi connectivity index (χ3n) is 2.67. The van der Waals surface area contributed by atoms with Crippen molar-refractivity contribution in [2.24, 2.45) is 0 Å². The maximum absolute atomic E-state index is 13.4. The van der Waals surface area contributed by atoms with Crippen LogP contribution in [-0.4, -0.2) is 17.1 Å². The van der Waals surface area contributed by atoms with E-state index in [1.807, 2.05) is 5.32 Å². The Morgan fingerprint density at radius 3 is 1.90 bits per heavy atom. The van der Waals surface area contributed by atoms with Crippen LogP contribution < -0.4 is 5.32 Å². The summed E-state index contributed by atoms with van der Waals surface area (Å²) >= 11 is 0. The molecule has 0 fully saturated rings. The maximum atomic E-state index is 13.4. The Morgan fingerprint density at radius 1 is 1.05 bits per heavy atom. The molecule has 3 nitrogen and oxygen atoms in total. The Labute approximate surface area is 111 Å². The van der Waals surface area contributed by atoms with Gasteiger partial charge in [0.05, 0.1) is 0 Å². The number of carboxylic acids is 1. The van der Waals surface area contributed by atoms with Crippen molar-refractivity contribution in [2.45, 2.75) is 32.2 Å². The molecule has 20 heavy (non-hydrogen) atoms. The number of rotatable bonds is 6. The number of aliphatic carboxylic acids is 1. The number of nitrogens with one attached hydrogen (secondary N) is 1. The standard InChI is InChI=1S/C12H12F5NO2/c1-2-3-4-5(12(19)20)18-11-9(16)7(14)6(13)8(15)10(11)17/h5,18H,2-4H2,1H3,(H,19,20). The molecule has 1 unspecified atom stereocenters. The molecular formula is C12H12F5NO2. The number of hydrogen-bond acceptors (Lipinski definition) is 2. The Hall–Kier alpha value is -1.86. The highest BCUT2D eigenvalue weighted by Crippen LogP contribution is 2.28. The molecule has 0 saturated heterocycles. The zero-order chi connectivity index (χ0) is 15.4. The van der Waals surface area contributed by atoms with Gasteiger partial charge in [-0.25, -0.2) is 26.7 Å². The summed E-state index contributed by atoms with van der Waals surface area (Å²) in [7, 11) is 0. The number of halogens is 5. The van der Waals surface area contributed by atoms with Crippen molar-refractivity contribution < 1.29 is 31.9 Å². The molecule has 0 spiro atoms. The van der Waals surface area contributed by atoms with Crippen LogP contribution >= 0.6 is 0 Å². The molecule has 0 bridgehead atoms. The quantitative estimate of drug-likeness (QED) is 0.480. The van der Waals surface area contributed by atoms with E-state index in [9.17, 15) is 26.7 Å². The molecule has 0 saturated carbocycles. The average Bonchev–Trinajstić information content (AvgIpc) is 2.42. The van der Waals surface area contributed by atoms with Gasteiger partial charge in [-0.05, 0) is 6.42 Å². The summed E-state index contributed by atoms with van der Waals surface area (Å²) in [6, 6.07) is -1.44. The molecule has 0 radical (unpaired) electrons. The normalized spacial score (nSPS) is 12.3. The molecule has 0 amide bonds. The molecule has 2 N–H and O–H groups in total. The van der Waals surface area contributed by atoms with E-state index in [2.05, 4.69) is 0 Å². The zero-order valence-corrected chi connectivity index (χ0v) is 10.4. The van der Waals surface area contributed by atoms with Gasteiger partial charge >= 0.3 is 5.97 Å². The molecule has 8 heteroatoms. The first-order valence-electron chi connectivity index (χ1n) is 5.82. The smallest absolute Gasteiger partial charge is 0.326 e. The van der Waals surface area contributed by atoms with E-state index in [0.717, 1.165) is 0 Å². The molecule has 1 aromatic rings. The first-order valence-corrected chi connectivity index (χ1v) is 5.82. The fourth-order valence-electron chi connectivity index (χ4n) is 1.57. The van der Waals surface area contributed by atoms with Crippen molar-refractivity contribution in [1.29, 1.82) is 0 Å². The van der Waals surface area contributed by atoms with E-state index in [1.165, 1.54) is 0 Å². The van der Waals surface area contributed by atoms with Crippen LogP contribution in [0.15, 0.2) is 0 Å². The highest BCUT2D eigenvalue weighted by Gasteiger charge is 2.28. The van der Waals surface area contributed by atoms with Gasteiger partial charge in [0.1, 0.15) is 11.7 Å². The zero-order valence-electron chi connectivity index (χ0n) is 10.4. The van der Waals surface area contributed by atoms with Gasteiger partial charge in [0.15, 0.2) is 23.3 Å². The second kappa shape index (κ2) is 6.53. The van der Waals surface area contributed by atoms with E-state index in [0.29, 0.717) is 12.8 Å². The van der Waals surface area contributed by atoms with E-state index < -0.39 is 46.8 Å². The van der Waals surface area contributed by atoms with Gasteiger partial charge in [-0.15, -0.1) is 0 Å². The summed E-state index contributed by atoms with van der Waals surface area (Å²) in [4.78, 5) is 10.9. The van der Waals surface area contributed by atoms with Crippen LogP contribution in [0, 0.1) is 29.1 Å². The van der Waals surface area contributed by atoms with Crippen molar-refractivity contribution in [3.63, 3.8) is 0 Å². The van der Waals surface area contributed by atoms with Gasteiger partial charge in [-0.2, -0.15) is 0 Å². The SMILES string of the molecule is CCCCC(Nc1c(F)c(F)c(F)c(F)c1F)C(=O)O. The Kier molecular flexibility index (Phi) is 5.29. The third-order valence-corrected chi connectivity index (χ3v) is 2.67. The molecule has 0 heterocycles. The van der Waals surface area contributed by atoms with Gasteiger partial charge in [0, 0.05) is 0 Å². The van der Waals surface area contributed by atoms with Gasteiger partial charge < -0.3 is 10.4 Å². The van der Waals surface area contributed by atoms with Gasteiger partial charge in [0.2, 0.25) is 5.82 Å². The minimum atomic E-state index is -2.29. The third kappa shape index (κ3) is 3.17. The lowest BCUT2D eigenvalue weighted by Gasteiger charge is -2.17. The fourth-order valence-corrected chi connectivity index (χ4v) is 1.57. The second-order valence-electron chi connectivity index (χ2n) is 4.12. The highest BCUT2D eigenvalue weighted by molar-refractivity contribution is 5.77. The van der Waals surface area contributed by atoms with Crippen molar-refractivity contribution in [3.05, 3.63) is 29.1 Å². The molecule has 1 rings (SSSR count). The fraction of sp³-hybridized carbons (Fsp3) is 0.417. The molecule has 0 aliphatic heterocycles. The molecule has 1 aromatic carbocycles. The number of unbranched alkanes of at least 4 members (excludes halogenated alkanes) is 1. The number of anilines is 1. The molecule has 112 valence electrons. The first-order chi connectivity index (χ1) is 9.31. The largest absolute Gasteiger partial charge is 0.480 e. The first kappa shape index (κ1) is 16.2. The van der Waals surface area contributed by atoms with Crippen LogP contribution in [0.3, 0.4) is 0 Å².